The van der Waals surface area contributed by atoms with Crippen LogP contribution in [-0.2, 0) is 0 Å². The van der Waals surface area contributed by atoms with E-state index in [1.54, 1.807) is 14.2 Å². The molecule has 0 bridgehead atoms. The monoisotopic (exact) mass is 730 g/mol. The second-order valence-electron chi connectivity index (χ2n) is 12.6. The molecule has 4 nitrogen and oxygen atoms in total. The summed E-state index contributed by atoms with van der Waals surface area (Å²) in [7, 11) is 3.30. The summed E-state index contributed by atoms with van der Waals surface area (Å²) < 4.78 is 23.1. The van der Waals surface area contributed by atoms with Crippen LogP contribution in [0.3, 0.4) is 0 Å². The minimum atomic E-state index is 0.627. The van der Waals surface area contributed by atoms with E-state index in [0.717, 1.165) is 93.2 Å². The van der Waals surface area contributed by atoms with Gasteiger partial charge in [0.15, 0.2) is 0 Å². The van der Waals surface area contributed by atoms with Crippen LogP contribution < -0.4 is 18.9 Å². The highest BCUT2D eigenvalue weighted by Gasteiger charge is 2.04. The highest BCUT2D eigenvalue weighted by Crippen LogP contribution is 2.20. The minimum Gasteiger partial charge on any atom is -0.495 e. The summed E-state index contributed by atoms with van der Waals surface area (Å²) in [5.41, 5.74) is 6.92. The predicted octanol–water partition coefficient (Wildman–Crippen LogP) is 10.3. The van der Waals surface area contributed by atoms with E-state index >= 15 is 0 Å². The second-order valence-corrected chi connectivity index (χ2v) is 12.6. The number of para-hydroxylation sites is 3. The van der Waals surface area contributed by atoms with Crippen molar-refractivity contribution in [1.29, 1.82) is 0 Å². The van der Waals surface area contributed by atoms with Crippen LogP contribution >= 0.6 is 0 Å². The van der Waals surface area contributed by atoms with Crippen molar-refractivity contribution in [1.82, 2.24) is 0 Å². The predicted molar refractivity (Wildman–Crippen MR) is 225 cm³/mol. The van der Waals surface area contributed by atoms with E-state index in [1.807, 2.05) is 146 Å². The lowest BCUT2D eigenvalue weighted by Crippen LogP contribution is -2.01. The summed E-state index contributed by atoms with van der Waals surface area (Å²) >= 11 is 0. The van der Waals surface area contributed by atoms with Gasteiger partial charge in [-0.1, -0.05) is 108 Å². The van der Waals surface area contributed by atoms with Gasteiger partial charge >= 0.3 is 0 Å². The van der Waals surface area contributed by atoms with Gasteiger partial charge in [-0.15, -0.1) is 0 Å². The fraction of sp³-hybridized carbons (Fsp3) is 0.154. The van der Waals surface area contributed by atoms with E-state index in [1.165, 1.54) is 0 Å². The molecule has 0 atom stereocenters. The molecule has 0 aliphatic carbocycles. The Hall–Kier alpha value is -7.24. The summed E-state index contributed by atoms with van der Waals surface area (Å²) in [6, 6.07) is 47.2. The maximum Gasteiger partial charge on any atom is 0.134 e. The standard InChI is InChI=1S/C52H42O4/c1-53-50-24-12-9-21-46(50)34-31-43-18-6-5-17-42(43)30-27-41-28-37-49(38-29-41)55-39-15-3-4-16-40-56-52-26-14-11-23-48(52)36-33-45-20-8-7-19-44(45)32-35-47-22-10-13-25-51(47)54-2/h5-14,17-26,28-29,37-38H,3-4,15-16,39-40H2,1-2H3. The first-order valence-corrected chi connectivity index (χ1v) is 18.7. The molecule has 0 saturated heterocycles. The SMILES string of the molecule is COc1ccccc1C#Cc1ccccc1C#Cc1ccc(OCCCCCCOc2ccccc2C#Cc2ccccc2C#Cc2ccccc2OC)cc1. The molecule has 0 aliphatic heterocycles. The molecule has 0 amide bonds. The van der Waals surface area contributed by atoms with Gasteiger partial charge in [-0.3, -0.25) is 0 Å². The third kappa shape index (κ3) is 11.4. The number of hydrogen-bond acceptors (Lipinski definition) is 4. The molecule has 0 saturated carbocycles. The number of ether oxygens (including phenoxy) is 4. The number of hydrogen-bond donors (Lipinski definition) is 0. The Morgan fingerprint density at radius 3 is 1.11 bits per heavy atom. The zero-order valence-corrected chi connectivity index (χ0v) is 31.7. The third-order valence-corrected chi connectivity index (χ3v) is 8.71. The lowest BCUT2D eigenvalue weighted by Gasteiger charge is -2.09. The van der Waals surface area contributed by atoms with Gasteiger partial charge in [-0.05, 0) is 111 Å². The molecule has 6 rings (SSSR count). The first-order valence-electron chi connectivity index (χ1n) is 18.7. The Balaban J connectivity index is 0.934. The highest BCUT2D eigenvalue weighted by atomic mass is 16.5. The molecular formula is C52H42O4. The van der Waals surface area contributed by atoms with E-state index in [0.29, 0.717) is 13.2 Å². The van der Waals surface area contributed by atoms with Crippen LogP contribution in [0, 0.1) is 47.4 Å². The van der Waals surface area contributed by atoms with Gasteiger partial charge in [0.25, 0.3) is 0 Å². The first-order chi connectivity index (χ1) is 27.7. The lowest BCUT2D eigenvalue weighted by molar-refractivity contribution is 0.287. The Labute approximate surface area is 331 Å². The summed E-state index contributed by atoms with van der Waals surface area (Å²) in [6.45, 7) is 1.29. The van der Waals surface area contributed by atoms with E-state index in [2.05, 4.69) is 47.4 Å². The summed E-state index contributed by atoms with van der Waals surface area (Å²) in [6.07, 6.45) is 4.02. The zero-order valence-electron chi connectivity index (χ0n) is 31.7. The van der Waals surface area contributed by atoms with E-state index in [9.17, 15) is 0 Å². The molecule has 6 aromatic rings. The average Bonchev–Trinajstić information content (AvgIpc) is 3.25. The molecule has 0 fully saturated rings. The highest BCUT2D eigenvalue weighted by molar-refractivity contribution is 5.58. The minimum absolute atomic E-state index is 0.627. The van der Waals surface area contributed by atoms with Gasteiger partial charge in [-0.25, -0.2) is 0 Å². The van der Waals surface area contributed by atoms with Crippen LogP contribution in [0.15, 0.2) is 146 Å². The quantitative estimate of drug-likeness (QED) is 0.0983. The lowest BCUT2D eigenvalue weighted by atomic mass is 10.1. The van der Waals surface area contributed by atoms with Gasteiger partial charge < -0.3 is 18.9 Å². The Morgan fingerprint density at radius 1 is 0.321 bits per heavy atom. The molecule has 0 heterocycles. The topological polar surface area (TPSA) is 36.9 Å². The van der Waals surface area contributed by atoms with Crippen molar-refractivity contribution in [3.8, 4) is 70.4 Å². The van der Waals surface area contributed by atoms with Gasteiger partial charge in [0.1, 0.15) is 23.0 Å². The van der Waals surface area contributed by atoms with Gasteiger partial charge in [0.05, 0.1) is 44.1 Å². The number of unbranched alkanes of at least 4 members (excludes halogenated alkanes) is 3. The van der Waals surface area contributed by atoms with Crippen LogP contribution in [0.2, 0.25) is 0 Å². The second kappa shape index (κ2) is 20.9. The molecule has 0 unspecified atom stereocenters. The molecule has 0 spiro atoms. The molecule has 0 aromatic heterocycles. The zero-order chi connectivity index (χ0) is 38.6. The molecular weight excluding hydrogens is 689 g/mol. The van der Waals surface area contributed by atoms with Crippen LogP contribution in [0.5, 0.6) is 23.0 Å². The molecule has 0 aliphatic rings. The van der Waals surface area contributed by atoms with Crippen LogP contribution in [0.1, 0.15) is 70.2 Å². The number of rotatable bonds is 11. The largest absolute Gasteiger partial charge is 0.495 e. The maximum atomic E-state index is 6.17. The van der Waals surface area contributed by atoms with E-state index in [-0.39, 0.29) is 0 Å². The Bertz CT molecular complexity index is 2480. The third-order valence-electron chi connectivity index (χ3n) is 8.71. The summed E-state index contributed by atoms with van der Waals surface area (Å²) in [5, 5.41) is 0. The molecule has 6 aromatic carbocycles. The van der Waals surface area contributed by atoms with Gasteiger partial charge in [-0.2, -0.15) is 0 Å². The van der Waals surface area contributed by atoms with Crippen molar-refractivity contribution in [2.24, 2.45) is 0 Å². The van der Waals surface area contributed by atoms with Crippen molar-refractivity contribution in [3.05, 3.63) is 190 Å². The molecule has 4 heteroatoms. The van der Waals surface area contributed by atoms with Crippen LogP contribution in [0.4, 0.5) is 0 Å². The fourth-order valence-corrected chi connectivity index (χ4v) is 5.70. The van der Waals surface area contributed by atoms with Crippen molar-refractivity contribution in [2.45, 2.75) is 25.7 Å². The van der Waals surface area contributed by atoms with Crippen molar-refractivity contribution in [2.75, 3.05) is 27.4 Å². The normalized spacial score (nSPS) is 9.82. The Kier molecular flexibility index (Phi) is 14.3. The summed E-state index contributed by atoms with van der Waals surface area (Å²) in [4.78, 5) is 0. The molecule has 0 N–H and O–H groups in total. The van der Waals surface area contributed by atoms with Crippen molar-refractivity contribution >= 4 is 0 Å². The number of benzene rings is 6. The van der Waals surface area contributed by atoms with Gasteiger partial charge in [0, 0.05) is 27.8 Å². The average molecular weight is 731 g/mol. The molecule has 274 valence electrons. The first kappa shape index (κ1) is 38.5. The van der Waals surface area contributed by atoms with Crippen molar-refractivity contribution < 1.29 is 18.9 Å². The smallest absolute Gasteiger partial charge is 0.134 e. The van der Waals surface area contributed by atoms with Crippen LogP contribution in [0.25, 0.3) is 0 Å². The fourth-order valence-electron chi connectivity index (χ4n) is 5.70. The maximum absolute atomic E-state index is 6.17. The molecule has 0 radical (unpaired) electrons. The Morgan fingerprint density at radius 2 is 0.661 bits per heavy atom. The van der Waals surface area contributed by atoms with Crippen LogP contribution in [-0.4, -0.2) is 27.4 Å². The van der Waals surface area contributed by atoms with E-state index < -0.39 is 0 Å². The molecule has 56 heavy (non-hydrogen) atoms. The van der Waals surface area contributed by atoms with Gasteiger partial charge in [0.2, 0.25) is 0 Å². The summed E-state index contributed by atoms with van der Waals surface area (Å²) in [5.74, 6) is 29.3. The van der Waals surface area contributed by atoms with Crippen molar-refractivity contribution in [3.63, 3.8) is 0 Å². The number of methoxy groups -OCH3 is 2. The van der Waals surface area contributed by atoms with E-state index in [4.69, 9.17) is 18.9 Å².